The number of nitrogens with one attached hydrogen (secondary N) is 3. The minimum absolute atomic E-state index is 0.273. The number of allylic oxidation sites excluding steroid dienone is 1. The van der Waals surface area contributed by atoms with Crippen molar-refractivity contribution in [3.8, 4) is 5.75 Å². The molecule has 0 aromatic heterocycles. The Bertz CT molecular complexity index is 908. The van der Waals surface area contributed by atoms with Crippen molar-refractivity contribution >= 4 is 33.6 Å². The van der Waals surface area contributed by atoms with Gasteiger partial charge in [-0.25, -0.2) is 4.79 Å². The van der Waals surface area contributed by atoms with Crippen LogP contribution in [0.25, 0.3) is 0 Å². The van der Waals surface area contributed by atoms with Crippen LogP contribution in [-0.2, 0) is 4.79 Å². The first-order valence-corrected chi connectivity index (χ1v) is 10.3. The monoisotopic (exact) mass is 457 g/mol. The van der Waals surface area contributed by atoms with E-state index in [0.717, 1.165) is 28.6 Å². The van der Waals surface area contributed by atoms with Crippen LogP contribution in [0.15, 0.2) is 64.3 Å². The van der Waals surface area contributed by atoms with Crippen molar-refractivity contribution in [3.05, 3.63) is 69.8 Å². The molecule has 3 N–H and O–H groups in total. The molecule has 3 amide bonds. The molecule has 0 saturated heterocycles. The smallest absolute Gasteiger partial charge is 0.319 e. The Balaban J connectivity index is 1.81. The quantitative estimate of drug-likeness (QED) is 0.517. The zero-order chi connectivity index (χ0) is 20.8. The number of hydrogen-bond acceptors (Lipinski definition) is 3. The van der Waals surface area contributed by atoms with E-state index in [-0.39, 0.29) is 11.9 Å². The number of unbranched alkanes of at least 4 members (excludes halogenated alkanes) is 1. The van der Waals surface area contributed by atoms with E-state index in [9.17, 15) is 9.59 Å². The van der Waals surface area contributed by atoms with Crippen LogP contribution < -0.4 is 20.7 Å². The molecule has 1 aliphatic rings. The van der Waals surface area contributed by atoms with Gasteiger partial charge in [0, 0.05) is 15.9 Å². The number of ether oxygens (including phenoxy) is 1. The number of rotatable bonds is 7. The Morgan fingerprint density at radius 3 is 2.48 bits per heavy atom. The van der Waals surface area contributed by atoms with Crippen LogP contribution in [0.5, 0.6) is 5.75 Å². The molecule has 1 atom stereocenters. The van der Waals surface area contributed by atoms with Crippen molar-refractivity contribution in [2.24, 2.45) is 0 Å². The first-order valence-electron chi connectivity index (χ1n) is 9.56. The van der Waals surface area contributed by atoms with Crippen molar-refractivity contribution < 1.29 is 14.3 Å². The number of urea groups is 1. The second-order valence-electron chi connectivity index (χ2n) is 6.80. The molecule has 2 aromatic carbocycles. The van der Waals surface area contributed by atoms with Crippen LogP contribution in [0.2, 0.25) is 0 Å². The largest absolute Gasteiger partial charge is 0.494 e. The van der Waals surface area contributed by atoms with Gasteiger partial charge in [0.25, 0.3) is 5.91 Å². The number of amides is 3. The number of benzene rings is 2. The summed E-state index contributed by atoms with van der Waals surface area (Å²) in [7, 11) is 0. The van der Waals surface area contributed by atoms with E-state index in [2.05, 4.69) is 38.8 Å². The molecule has 1 heterocycles. The van der Waals surface area contributed by atoms with E-state index in [1.54, 1.807) is 6.92 Å². The van der Waals surface area contributed by atoms with E-state index in [0.29, 0.717) is 23.6 Å². The van der Waals surface area contributed by atoms with E-state index in [1.807, 2.05) is 48.5 Å². The Morgan fingerprint density at radius 1 is 1.14 bits per heavy atom. The van der Waals surface area contributed by atoms with Gasteiger partial charge in [-0.2, -0.15) is 0 Å². The molecule has 0 aliphatic carbocycles. The number of carbonyl (C=O) groups excluding carboxylic acids is 2. The van der Waals surface area contributed by atoms with Crippen LogP contribution in [-0.4, -0.2) is 18.5 Å². The fourth-order valence-corrected chi connectivity index (χ4v) is 3.33. The van der Waals surface area contributed by atoms with Gasteiger partial charge in [0.15, 0.2) is 0 Å². The highest BCUT2D eigenvalue weighted by Gasteiger charge is 2.31. The summed E-state index contributed by atoms with van der Waals surface area (Å²) in [5.74, 6) is 0.495. The second-order valence-corrected chi connectivity index (χ2v) is 7.72. The number of anilines is 1. The molecule has 0 spiro atoms. The molecule has 7 heteroatoms. The zero-order valence-corrected chi connectivity index (χ0v) is 18.0. The van der Waals surface area contributed by atoms with Crippen molar-refractivity contribution in [2.45, 2.75) is 32.7 Å². The van der Waals surface area contributed by atoms with Crippen LogP contribution in [0.4, 0.5) is 10.5 Å². The summed E-state index contributed by atoms with van der Waals surface area (Å²) in [6.45, 7) is 4.51. The fraction of sp³-hybridized carbons (Fsp3) is 0.273. The van der Waals surface area contributed by atoms with Crippen LogP contribution in [0, 0.1) is 0 Å². The molecule has 0 bridgehead atoms. The van der Waals surface area contributed by atoms with Crippen LogP contribution in [0.1, 0.15) is 38.3 Å². The van der Waals surface area contributed by atoms with Crippen LogP contribution in [0.3, 0.4) is 0 Å². The van der Waals surface area contributed by atoms with E-state index < -0.39 is 6.04 Å². The van der Waals surface area contributed by atoms with Crippen LogP contribution >= 0.6 is 15.9 Å². The lowest BCUT2D eigenvalue weighted by Gasteiger charge is -2.28. The van der Waals surface area contributed by atoms with Crippen molar-refractivity contribution in [1.29, 1.82) is 0 Å². The third kappa shape index (κ3) is 5.38. The molecule has 29 heavy (non-hydrogen) atoms. The lowest BCUT2D eigenvalue weighted by Crippen LogP contribution is -2.45. The maximum Gasteiger partial charge on any atom is 0.319 e. The molecule has 0 fully saturated rings. The molecule has 3 rings (SSSR count). The lowest BCUT2D eigenvalue weighted by atomic mass is 9.94. The highest BCUT2D eigenvalue weighted by Crippen LogP contribution is 2.29. The van der Waals surface area contributed by atoms with Crippen molar-refractivity contribution in [2.75, 3.05) is 11.9 Å². The Kier molecular flexibility index (Phi) is 6.93. The van der Waals surface area contributed by atoms with Crippen molar-refractivity contribution in [3.63, 3.8) is 0 Å². The highest BCUT2D eigenvalue weighted by atomic mass is 79.9. The van der Waals surface area contributed by atoms with Gasteiger partial charge in [0.05, 0.1) is 18.2 Å². The van der Waals surface area contributed by atoms with Gasteiger partial charge in [0.1, 0.15) is 5.75 Å². The summed E-state index contributed by atoms with van der Waals surface area (Å²) in [4.78, 5) is 25.0. The summed E-state index contributed by atoms with van der Waals surface area (Å²) >= 11 is 3.38. The molecule has 152 valence electrons. The molecule has 0 radical (unpaired) electrons. The molecule has 6 nitrogen and oxygen atoms in total. The minimum atomic E-state index is -0.552. The van der Waals surface area contributed by atoms with E-state index in [4.69, 9.17) is 4.74 Å². The van der Waals surface area contributed by atoms with Crippen molar-refractivity contribution in [1.82, 2.24) is 10.6 Å². The molecular weight excluding hydrogens is 434 g/mol. The summed E-state index contributed by atoms with van der Waals surface area (Å²) < 4.78 is 6.63. The maximum absolute atomic E-state index is 13.0. The molecule has 0 saturated carbocycles. The predicted octanol–water partition coefficient (Wildman–Crippen LogP) is 4.89. The number of halogens is 1. The summed E-state index contributed by atoms with van der Waals surface area (Å²) in [5.41, 5.74) is 2.47. The second kappa shape index (κ2) is 9.60. The SMILES string of the molecule is CCCCOc1ccc([C@H]2NC(=O)NC(C)=C2C(=O)Nc2ccc(Br)cc2)cc1. The standard InChI is InChI=1S/C22H24BrN3O3/c1-3-4-13-29-18-11-5-15(6-12-18)20-19(14(2)24-22(28)26-20)21(27)25-17-9-7-16(23)8-10-17/h5-12,20H,3-4,13H2,1-2H3,(H,25,27)(H2,24,26,28)/t20-/m1/s1. The first kappa shape index (κ1) is 20.9. The van der Waals surface area contributed by atoms with Gasteiger partial charge in [-0.05, 0) is 55.3 Å². The Labute approximate surface area is 178 Å². The van der Waals surface area contributed by atoms with Gasteiger partial charge in [0.2, 0.25) is 0 Å². The number of carbonyl (C=O) groups is 2. The van der Waals surface area contributed by atoms with Gasteiger partial charge in [-0.1, -0.05) is 41.4 Å². The van der Waals surface area contributed by atoms with E-state index >= 15 is 0 Å². The number of hydrogen-bond donors (Lipinski definition) is 3. The molecule has 1 aliphatic heterocycles. The molecular formula is C22H24BrN3O3. The summed E-state index contributed by atoms with van der Waals surface area (Å²) in [5, 5.41) is 8.43. The molecule has 0 unspecified atom stereocenters. The van der Waals surface area contributed by atoms with Gasteiger partial charge < -0.3 is 20.7 Å². The normalized spacial score (nSPS) is 16.1. The Hall–Kier alpha value is -2.80. The summed E-state index contributed by atoms with van der Waals surface area (Å²) in [6.07, 6.45) is 2.06. The molecule has 2 aromatic rings. The van der Waals surface area contributed by atoms with Gasteiger partial charge >= 0.3 is 6.03 Å². The topological polar surface area (TPSA) is 79.5 Å². The third-order valence-corrected chi connectivity index (χ3v) is 5.12. The van der Waals surface area contributed by atoms with Gasteiger partial charge in [-0.3, -0.25) is 4.79 Å². The van der Waals surface area contributed by atoms with Gasteiger partial charge in [-0.15, -0.1) is 0 Å². The van der Waals surface area contributed by atoms with E-state index in [1.165, 1.54) is 0 Å². The maximum atomic E-state index is 13.0. The summed E-state index contributed by atoms with van der Waals surface area (Å²) in [6, 6.07) is 13.9. The first-order chi connectivity index (χ1) is 14.0. The minimum Gasteiger partial charge on any atom is -0.494 e. The zero-order valence-electron chi connectivity index (χ0n) is 16.4. The average molecular weight is 458 g/mol. The Morgan fingerprint density at radius 2 is 1.83 bits per heavy atom. The predicted molar refractivity (Wildman–Crippen MR) is 117 cm³/mol. The average Bonchev–Trinajstić information content (AvgIpc) is 2.70. The fourth-order valence-electron chi connectivity index (χ4n) is 3.07. The highest BCUT2D eigenvalue weighted by molar-refractivity contribution is 9.10. The third-order valence-electron chi connectivity index (χ3n) is 4.60. The lowest BCUT2D eigenvalue weighted by molar-refractivity contribution is -0.113.